The van der Waals surface area contributed by atoms with Gasteiger partial charge in [0.1, 0.15) is 11.4 Å². The Morgan fingerprint density at radius 3 is 2.75 bits per heavy atom. The van der Waals surface area contributed by atoms with E-state index in [1.807, 2.05) is 19.1 Å². The van der Waals surface area contributed by atoms with Gasteiger partial charge in [0.2, 0.25) is 0 Å². The van der Waals surface area contributed by atoms with Crippen molar-refractivity contribution in [2.24, 2.45) is 11.8 Å². The van der Waals surface area contributed by atoms with E-state index in [1.54, 1.807) is 6.07 Å². The van der Waals surface area contributed by atoms with Crippen LogP contribution >= 0.6 is 0 Å². The smallest absolute Gasteiger partial charge is 0.315 e. The third kappa shape index (κ3) is 2.86. The molecule has 1 aromatic rings. The van der Waals surface area contributed by atoms with Gasteiger partial charge in [-0.15, -0.1) is 0 Å². The number of nitro groups is 1. The third-order valence-corrected chi connectivity index (χ3v) is 4.24. The lowest BCUT2D eigenvalue weighted by atomic mass is 9.88. The van der Waals surface area contributed by atoms with Crippen molar-refractivity contribution in [2.45, 2.75) is 27.2 Å². The van der Waals surface area contributed by atoms with Crippen molar-refractivity contribution in [2.75, 3.05) is 29.9 Å². The quantitative estimate of drug-likeness (QED) is 0.676. The highest BCUT2D eigenvalue weighted by Crippen LogP contribution is 2.38. The van der Waals surface area contributed by atoms with Crippen molar-refractivity contribution in [3.05, 3.63) is 28.3 Å². The molecule has 1 saturated heterocycles. The molecule has 110 valence electrons. The van der Waals surface area contributed by atoms with Gasteiger partial charge in [-0.2, -0.15) is 0 Å². The largest absolute Gasteiger partial charge is 0.380 e. The van der Waals surface area contributed by atoms with E-state index in [0.29, 0.717) is 24.1 Å². The van der Waals surface area contributed by atoms with Gasteiger partial charge in [-0.1, -0.05) is 19.9 Å². The number of nitrogens with one attached hydrogen (secondary N) is 1. The topological polar surface area (TPSA) is 58.4 Å². The summed E-state index contributed by atoms with van der Waals surface area (Å²) in [6.45, 7) is 8.88. The number of nitro benzene ring substituents is 1. The Balaban J connectivity index is 2.35. The second-order valence-corrected chi connectivity index (χ2v) is 5.65. The molecule has 1 heterocycles. The number of benzene rings is 1. The summed E-state index contributed by atoms with van der Waals surface area (Å²) in [5, 5.41) is 14.5. The first-order valence-corrected chi connectivity index (χ1v) is 7.30. The molecule has 0 aromatic heterocycles. The van der Waals surface area contributed by atoms with Crippen molar-refractivity contribution in [3.63, 3.8) is 0 Å². The highest BCUT2D eigenvalue weighted by atomic mass is 16.6. The van der Waals surface area contributed by atoms with E-state index in [1.165, 1.54) is 0 Å². The molecule has 0 saturated carbocycles. The van der Waals surface area contributed by atoms with Crippen molar-refractivity contribution < 1.29 is 4.92 Å². The highest BCUT2D eigenvalue weighted by molar-refractivity contribution is 5.77. The number of nitrogens with zero attached hydrogens (tertiary/aromatic N) is 2. The first kappa shape index (κ1) is 14.6. The Morgan fingerprint density at radius 2 is 2.15 bits per heavy atom. The van der Waals surface area contributed by atoms with E-state index in [2.05, 4.69) is 24.1 Å². The summed E-state index contributed by atoms with van der Waals surface area (Å²) in [5.41, 5.74) is 1.56. The van der Waals surface area contributed by atoms with E-state index in [0.717, 1.165) is 25.2 Å². The van der Waals surface area contributed by atoms with Crippen LogP contribution in [0.2, 0.25) is 0 Å². The molecule has 1 fully saturated rings. The number of hydrogen-bond acceptors (Lipinski definition) is 4. The normalized spacial score (nSPS) is 22.6. The van der Waals surface area contributed by atoms with Gasteiger partial charge >= 0.3 is 5.69 Å². The van der Waals surface area contributed by atoms with E-state index < -0.39 is 0 Å². The van der Waals surface area contributed by atoms with Crippen LogP contribution in [0.3, 0.4) is 0 Å². The van der Waals surface area contributed by atoms with Crippen LogP contribution in [-0.2, 0) is 0 Å². The molecule has 0 radical (unpaired) electrons. The molecule has 0 amide bonds. The van der Waals surface area contributed by atoms with Crippen molar-refractivity contribution in [3.8, 4) is 0 Å². The summed E-state index contributed by atoms with van der Waals surface area (Å²) in [6.07, 6.45) is 1.09. The van der Waals surface area contributed by atoms with E-state index in [9.17, 15) is 10.1 Å². The molecular formula is C15H23N3O2. The Bertz CT molecular complexity index is 490. The lowest BCUT2D eigenvalue weighted by molar-refractivity contribution is -0.383. The molecule has 1 N–H and O–H groups in total. The second-order valence-electron chi connectivity index (χ2n) is 5.65. The molecule has 0 bridgehead atoms. The highest BCUT2D eigenvalue weighted by Gasteiger charge is 2.28. The zero-order valence-corrected chi connectivity index (χ0v) is 12.4. The lowest BCUT2D eigenvalue weighted by Crippen LogP contribution is -2.38. The monoisotopic (exact) mass is 277 g/mol. The molecule has 1 aliphatic heterocycles. The predicted molar refractivity (Wildman–Crippen MR) is 82.4 cm³/mol. The van der Waals surface area contributed by atoms with Crippen LogP contribution in [-0.4, -0.2) is 24.6 Å². The average Bonchev–Trinajstić information content (AvgIpc) is 2.42. The number of anilines is 2. The molecule has 5 nitrogen and oxygen atoms in total. The second kappa shape index (κ2) is 6.11. The molecule has 0 spiro atoms. The molecular weight excluding hydrogens is 254 g/mol. The molecule has 2 rings (SSSR count). The number of hydrogen-bond donors (Lipinski definition) is 1. The fourth-order valence-electron chi connectivity index (χ4n) is 2.79. The molecule has 5 heteroatoms. The predicted octanol–water partition coefficient (Wildman–Crippen LogP) is 3.51. The third-order valence-electron chi connectivity index (χ3n) is 4.24. The standard InChI is InChI=1S/C15H23N3O2/c1-4-16-13-6-5-7-14(15(13)18(19)20)17-9-8-11(2)12(3)10-17/h5-7,11-12,16H,4,8-10H2,1-3H3. The van der Waals surface area contributed by atoms with Gasteiger partial charge in [0.15, 0.2) is 0 Å². The van der Waals surface area contributed by atoms with Crippen LogP contribution in [0.5, 0.6) is 0 Å². The zero-order valence-electron chi connectivity index (χ0n) is 12.4. The SMILES string of the molecule is CCNc1cccc(N2CCC(C)C(C)C2)c1[N+](=O)[O-]. The van der Waals surface area contributed by atoms with Crippen LogP contribution in [0.15, 0.2) is 18.2 Å². The molecule has 1 aromatic carbocycles. The van der Waals surface area contributed by atoms with Gasteiger partial charge in [-0.05, 0) is 37.3 Å². The fourth-order valence-corrected chi connectivity index (χ4v) is 2.79. The van der Waals surface area contributed by atoms with Gasteiger partial charge in [0, 0.05) is 19.6 Å². The molecule has 20 heavy (non-hydrogen) atoms. The Kier molecular flexibility index (Phi) is 4.47. The van der Waals surface area contributed by atoms with Crippen LogP contribution < -0.4 is 10.2 Å². The summed E-state index contributed by atoms with van der Waals surface area (Å²) in [4.78, 5) is 13.3. The number of rotatable bonds is 4. The minimum atomic E-state index is -0.268. The maximum absolute atomic E-state index is 11.4. The maximum Gasteiger partial charge on any atom is 0.315 e. The van der Waals surface area contributed by atoms with Crippen LogP contribution in [0, 0.1) is 22.0 Å². The number of piperidine rings is 1. The Hall–Kier alpha value is -1.78. The Labute approximate surface area is 120 Å². The van der Waals surface area contributed by atoms with E-state index in [4.69, 9.17) is 0 Å². The minimum Gasteiger partial charge on any atom is -0.380 e. The summed E-state index contributed by atoms with van der Waals surface area (Å²) in [5.74, 6) is 1.24. The van der Waals surface area contributed by atoms with Gasteiger partial charge < -0.3 is 10.2 Å². The van der Waals surface area contributed by atoms with Crippen molar-refractivity contribution >= 4 is 17.1 Å². The number of para-hydroxylation sites is 1. The van der Waals surface area contributed by atoms with E-state index >= 15 is 0 Å². The van der Waals surface area contributed by atoms with Crippen LogP contribution in [0.4, 0.5) is 17.1 Å². The molecule has 2 unspecified atom stereocenters. The molecule has 1 aliphatic rings. The van der Waals surface area contributed by atoms with Crippen LogP contribution in [0.1, 0.15) is 27.2 Å². The zero-order chi connectivity index (χ0) is 14.7. The molecule has 0 aliphatic carbocycles. The van der Waals surface area contributed by atoms with Gasteiger partial charge in [-0.3, -0.25) is 10.1 Å². The van der Waals surface area contributed by atoms with Gasteiger partial charge in [0.05, 0.1) is 4.92 Å². The average molecular weight is 277 g/mol. The summed E-state index contributed by atoms with van der Waals surface area (Å²) in [6, 6.07) is 5.53. The van der Waals surface area contributed by atoms with Crippen LogP contribution in [0.25, 0.3) is 0 Å². The van der Waals surface area contributed by atoms with Crippen molar-refractivity contribution in [1.82, 2.24) is 0 Å². The fraction of sp³-hybridized carbons (Fsp3) is 0.600. The summed E-state index contributed by atoms with van der Waals surface area (Å²) >= 11 is 0. The first-order valence-electron chi connectivity index (χ1n) is 7.30. The molecule has 2 atom stereocenters. The van der Waals surface area contributed by atoms with Crippen molar-refractivity contribution in [1.29, 1.82) is 0 Å². The lowest BCUT2D eigenvalue weighted by Gasteiger charge is -2.36. The van der Waals surface area contributed by atoms with E-state index in [-0.39, 0.29) is 10.6 Å². The summed E-state index contributed by atoms with van der Waals surface area (Å²) in [7, 11) is 0. The van der Waals surface area contributed by atoms with Gasteiger partial charge in [0.25, 0.3) is 0 Å². The summed E-state index contributed by atoms with van der Waals surface area (Å²) < 4.78 is 0. The maximum atomic E-state index is 11.4. The first-order chi connectivity index (χ1) is 9.54. The van der Waals surface area contributed by atoms with Gasteiger partial charge in [-0.25, -0.2) is 0 Å². The Morgan fingerprint density at radius 1 is 1.40 bits per heavy atom. The minimum absolute atomic E-state index is 0.205.